The Labute approximate surface area is 110 Å². The molecule has 1 aliphatic heterocycles. The lowest BCUT2D eigenvalue weighted by Gasteiger charge is -2.19. The normalized spacial score (nSPS) is 13.9. The van der Waals surface area contributed by atoms with Crippen LogP contribution in [0.3, 0.4) is 0 Å². The maximum atomic E-state index is 5.59. The van der Waals surface area contributed by atoms with Crippen LogP contribution in [0.4, 0.5) is 0 Å². The van der Waals surface area contributed by atoms with Crippen LogP contribution in [-0.4, -0.2) is 38.3 Å². The van der Waals surface area contributed by atoms with Crippen molar-refractivity contribution in [2.24, 2.45) is 0 Å². The van der Waals surface area contributed by atoms with E-state index in [1.807, 2.05) is 6.07 Å². The summed E-state index contributed by atoms with van der Waals surface area (Å²) in [5, 5.41) is 0. The van der Waals surface area contributed by atoms with Crippen LogP contribution in [0.2, 0.25) is 0 Å². The van der Waals surface area contributed by atoms with E-state index in [-0.39, 0.29) is 0 Å². The minimum atomic E-state index is 0.661. The minimum absolute atomic E-state index is 0.661. The van der Waals surface area contributed by atoms with Gasteiger partial charge in [-0.3, -0.25) is 0 Å². The summed E-state index contributed by atoms with van der Waals surface area (Å²) in [5.41, 5.74) is 1.34. The predicted octanol–water partition coefficient (Wildman–Crippen LogP) is 2.73. The molecule has 2 rings (SSSR count). The smallest absolute Gasteiger partial charge is 0.161 e. The first-order chi connectivity index (χ1) is 8.79. The van der Waals surface area contributed by atoms with E-state index < -0.39 is 0 Å². The van der Waals surface area contributed by atoms with Crippen LogP contribution in [0.1, 0.15) is 25.3 Å². The van der Waals surface area contributed by atoms with Crippen molar-refractivity contribution in [1.82, 2.24) is 4.90 Å². The van der Waals surface area contributed by atoms with Crippen LogP contribution < -0.4 is 9.47 Å². The van der Waals surface area contributed by atoms with Crippen LogP contribution in [0.25, 0.3) is 0 Å². The van der Waals surface area contributed by atoms with Gasteiger partial charge in [0.2, 0.25) is 0 Å². The van der Waals surface area contributed by atoms with Gasteiger partial charge in [-0.1, -0.05) is 13.0 Å². The molecule has 3 nitrogen and oxygen atoms in total. The van der Waals surface area contributed by atoms with E-state index >= 15 is 0 Å². The highest BCUT2D eigenvalue weighted by Gasteiger charge is 2.11. The number of rotatable bonds is 6. The second-order valence-electron chi connectivity index (χ2n) is 4.88. The fourth-order valence-corrected chi connectivity index (χ4v) is 2.29. The Bertz CT molecular complexity index is 379. The summed E-state index contributed by atoms with van der Waals surface area (Å²) in [7, 11) is 2.19. The van der Waals surface area contributed by atoms with Crippen molar-refractivity contribution in [3.63, 3.8) is 0 Å². The fourth-order valence-electron chi connectivity index (χ4n) is 2.29. The van der Waals surface area contributed by atoms with Crippen molar-refractivity contribution in [3.8, 4) is 11.5 Å². The SMILES string of the molecule is CCCN(C)CCCc1ccc2c(c1)OCCO2. The third-order valence-electron chi connectivity index (χ3n) is 3.22. The van der Waals surface area contributed by atoms with Gasteiger partial charge in [0, 0.05) is 0 Å². The molecule has 1 heterocycles. The molecule has 0 aliphatic carbocycles. The lowest BCUT2D eigenvalue weighted by Crippen LogP contribution is -2.20. The summed E-state index contributed by atoms with van der Waals surface area (Å²) < 4.78 is 11.1. The average molecular weight is 249 g/mol. The lowest BCUT2D eigenvalue weighted by molar-refractivity contribution is 0.171. The van der Waals surface area contributed by atoms with Crippen LogP contribution in [0, 0.1) is 0 Å². The molecule has 0 bridgehead atoms. The van der Waals surface area contributed by atoms with E-state index in [1.54, 1.807) is 0 Å². The Morgan fingerprint density at radius 3 is 2.67 bits per heavy atom. The quantitative estimate of drug-likeness (QED) is 0.774. The lowest BCUT2D eigenvalue weighted by atomic mass is 10.1. The molecule has 1 aliphatic rings. The van der Waals surface area contributed by atoms with Gasteiger partial charge >= 0.3 is 0 Å². The van der Waals surface area contributed by atoms with E-state index in [2.05, 4.69) is 31.0 Å². The minimum Gasteiger partial charge on any atom is -0.486 e. The molecule has 0 N–H and O–H groups in total. The molecule has 0 atom stereocenters. The van der Waals surface area contributed by atoms with Crippen molar-refractivity contribution in [3.05, 3.63) is 23.8 Å². The molecular weight excluding hydrogens is 226 g/mol. The highest BCUT2D eigenvalue weighted by molar-refractivity contribution is 5.43. The Balaban J connectivity index is 1.82. The Morgan fingerprint density at radius 1 is 1.11 bits per heavy atom. The van der Waals surface area contributed by atoms with E-state index in [0.29, 0.717) is 13.2 Å². The highest BCUT2D eigenvalue weighted by atomic mass is 16.6. The summed E-state index contributed by atoms with van der Waals surface area (Å²) in [6.07, 6.45) is 3.52. The van der Waals surface area contributed by atoms with Gasteiger partial charge in [-0.15, -0.1) is 0 Å². The van der Waals surface area contributed by atoms with Crippen molar-refractivity contribution < 1.29 is 9.47 Å². The molecule has 1 aromatic carbocycles. The summed E-state index contributed by atoms with van der Waals surface area (Å²) in [6.45, 7) is 5.88. The molecule has 100 valence electrons. The molecule has 0 unspecified atom stereocenters. The van der Waals surface area contributed by atoms with Gasteiger partial charge in [0.1, 0.15) is 13.2 Å². The second kappa shape index (κ2) is 6.64. The Morgan fingerprint density at radius 2 is 1.89 bits per heavy atom. The number of fused-ring (bicyclic) bond motifs is 1. The molecule has 0 saturated carbocycles. The molecule has 1 aromatic rings. The van der Waals surface area contributed by atoms with Gasteiger partial charge in [0.25, 0.3) is 0 Å². The first kappa shape index (κ1) is 13.2. The van der Waals surface area contributed by atoms with Crippen molar-refractivity contribution in [2.45, 2.75) is 26.2 Å². The standard InChI is InChI=1S/C15H23NO2/c1-3-8-16(2)9-4-5-13-6-7-14-15(12-13)18-11-10-17-14/h6-7,12H,3-5,8-11H2,1-2H3. The van der Waals surface area contributed by atoms with Crippen molar-refractivity contribution in [2.75, 3.05) is 33.4 Å². The van der Waals surface area contributed by atoms with E-state index in [0.717, 1.165) is 24.5 Å². The molecular formula is C15H23NO2. The predicted molar refractivity (Wildman–Crippen MR) is 73.5 cm³/mol. The molecule has 0 fully saturated rings. The van der Waals surface area contributed by atoms with Crippen molar-refractivity contribution in [1.29, 1.82) is 0 Å². The number of hydrogen-bond donors (Lipinski definition) is 0. The van der Waals surface area contributed by atoms with Gasteiger partial charge in [-0.05, 0) is 57.1 Å². The van der Waals surface area contributed by atoms with Gasteiger partial charge in [0.05, 0.1) is 0 Å². The number of aryl methyl sites for hydroxylation is 1. The molecule has 18 heavy (non-hydrogen) atoms. The number of ether oxygens (including phenoxy) is 2. The number of nitrogens with zero attached hydrogens (tertiary/aromatic N) is 1. The van der Waals surface area contributed by atoms with E-state index in [9.17, 15) is 0 Å². The highest BCUT2D eigenvalue weighted by Crippen LogP contribution is 2.30. The monoisotopic (exact) mass is 249 g/mol. The van der Waals surface area contributed by atoms with Crippen molar-refractivity contribution >= 4 is 0 Å². The molecule has 0 aromatic heterocycles. The Kier molecular flexibility index (Phi) is 4.88. The maximum absolute atomic E-state index is 5.59. The second-order valence-corrected chi connectivity index (χ2v) is 4.88. The van der Waals surface area contributed by atoms with Gasteiger partial charge in [0.15, 0.2) is 11.5 Å². The van der Waals surface area contributed by atoms with Crippen LogP contribution in [-0.2, 0) is 6.42 Å². The number of hydrogen-bond acceptors (Lipinski definition) is 3. The zero-order valence-electron chi connectivity index (χ0n) is 11.4. The third kappa shape index (κ3) is 3.64. The summed E-state index contributed by atoms with van der Waals surface area (Å²) in [6, 6.07) is 6.29. The maximum Gasteiger partial charge on any atom is 0.161 e. The van der Waals surface area contributed by atoms with Crippen LogP contribution >= 0.6 is 0 Å². The molecule has 3 heteroatoms. The molecule has 0 spiro atoms. The largest absolute Gasteiger partial charge is 0.486 e. The number of benzene rings is 1. The van der Waals surface area contributed by atoms with Gasteiger partial charge in [-0.2, -0.15) is 0 Å². The Hall–Kier alpha value is -1.22. The summed E-state index contributed by atoms with van der Waals surface area (Å²) in [4.78, 5) is 2.39. The van der Waals surface area contributed by atoms with Crippen LogP contribution in [0.15, 0.2) is 18.2 Å². The first-order valence-electron chi connectivity index (χ1n) is 6.86. The van der Waals surface area contributed by atoms with Gasteiger partial charge in [-0.25, -0.2) is 0 Å². The topological polar surface area (TPSA) is 21.7 Å². The van der Waals surface area contributed by atoms with E-state index in [4.69, 9.17) is 9.47 Å². The fraction of sp³-hybridized carbons (Fsp3) is 0.600. The molecule has 0 saturated heterocycles. The zero-order valence-corrected chi connectivity index (χ0v) is 11.4. The summed E-state index contributed by atoms with van der Waals surface area (Å²) in [5.74, 6) is 1.79. The first-order valence-corrected chi connectivity index (χ1v) is 6.86. The average Bonchev–Trinajstić information content (AvgIpc) is 2.39. The zero-order chi connectivity index (χ0) is 12.8. The summed E-state index contributed by atoms with van der Waals surface area (Å²) >= 11 is 0. The van der Waals surface area contributed by atoms with Gasteiger partial charge < -0.3 is 14.4 Å². The van der Waals surface area contributed by atoms with E-state index in [1.165, 1.54) is 24.9 Å². The third-order valence-corrected chi connectivity index (χ3v) is 3.22. The molecule has 0 amide bonds. The van der Waals surface area contributed by atoms with Crippen LogP contribution in [0.5, 0.6) is 11.5 Å². The molecule has 0 radical (unpaired) electrons.